The van der Waals surface area contributed by atoms with Crippen LogP contribution in [0.5, 0.6) is 0 Å². The fraction of sp³-hybridized carbons (Fsp3) is 0.350. The van der Waals surface area contributed by atoms with Gasteiger partial charge in [-0.2, -0.15) is 0 Å². The number of rotatable bonds is 8. The number of amides is 2. The Labute approximate surface area is 159 Å². The highest BCUT2D eigenvalue weighted by molar-refractivity contribution is 5.96. The summed E-state index contributed by atoms with van der Waals surface area (Å²) in [7, 11) is 0. The maximum absolute atomic E-state index is 12.5. The molecule has 27 heavy (non-hydrogen) atoms. The second-order valence-electron chi connectivity index (χ2n) is 6.49. The van der Waals surface area contributed by atoms with Crippen LogP contribution in [-0.2, 0) is 4.79 Å². The zero-order valence-corrected chi connectivity index (χ0v) is 15.6. The van der Waals surface area contributed by atoms with E-state index in [0.717, 1.165) is 5.56 Å². The number of nitrogens with zero attached hydrogens (tertiary/aromatic N) is 2. The Morgan fingerprint density at radius 1 is 1.19 bits per heavy atom. The summed E-state index contributed by atoms with van der Waals surface area (Å²) >= 11 is 0. The summed E-state index contributed by atoms with van der Waals surface area (Å²) in [6.45, 7) is 7.60. The molecule has 1 unspecified atom stereocenters. The Bertz CT molecular complexity index is 765. The highest BCUT2D eigenvalue weighted by atomic mass is 16.3. The van der Waals surface area contributed by atoms with Gasteiger partial charge in [-0.25, -0.2) is 4.98 Å². The standard InChI is InChI=1S/C20H25N4O3/c1-4-13(2)10-22-20(27)18(14(3)25)24-19(26)17-12-21-11-16(23-17)15-8-6-5-7-9-15/h5-9,11-14,18,25H,1,4,10H2,2-3H3,(H,22,27)(H,24,26)/t13?,14-,18+/m1/s1. The van der Waals surface area contributed by atoms with Crippen molar-refractivity contribution in [1.82, 2.24) is 20.6 Å². The molecule has 7 heteroatoms. The van der Waals surface area contributed by atoms with E-state index in [4.69, 9.17) is 0 Å². The Morgan fingerprint density at radius 3 is 2.52 bits per heavy atom. The molecule has 0 spiro atoms. The molecule has 1 radical (unpaired) electrons. The van der Waals surface area contributed by atoms with Crippen molar-refractivity contribution in [2.75, 3.05) is 6.54 Å². The van der Waals surface area contributed by atoms with Crippen molar-refractivity contribution in [3.8, 4) is 11.3 Å². The third-order valence-electron chi connectivity index (χ3n) is 4.11. The van der Waals surface area contributed by atoms with Crippen LogP contribution in [0.4, 0.5) is 0 Å². The molecule has 0 aliphatic heterocycles. The Kier molecular flexibility index (Phi) is 7.43. The minimum absolute atomic E-state index is 0.0703. The molecular formula is C20H25N4O3. The quantitative estimate of drug-likeness (QED) is 0.656. The maximum atomic E-state index is 12.5. The van der Waals surface area contributed by atoms with Gasteiger partial charge in [0.25, 0.3) is 5.91 Å². The van der Waals surface area contributed by atoms with Crippen LogP contribution in [0, 0.1) is 12.8 Å². The average Bonchev–Trinajstić information content (AvgIpc) is 2.70. The van der Waals surface area contributed by atoms with Gasteiger partial charge < -0.3 is 15.7 Å². The predicted molar refractivity (Wildman–Crippen MR) is 103 cm³/mol. The molecule has 7 nitrogen and oxygen atoms in total. The average molecular weight is 369 g/mol. The second kappa shape index (κ2) is 9.78. The highest BCUT2D eigenvalue weighted by Gasteiger charge is 2.26. The summed E-state index contributed by atoms with van der Waals surface area (Å²) in [4.78, 5) is 33.2. The fourth-order valence-electron chi connectivity index (χ4n) is 2.33. The number of hydrogen-bond donors (Lipinski definition) is 3. The lowest BCUT2D eigenvalue weighted by atomic mass is 10.1. The van der Waals surface area contributed by atoms with Crippen molar-refractivity contribution in [2.24, 2.45) is 5.92 Å². The summed E-state index contributed by atoms with van der Waals surface area (Å²) in [6, 6.07) is 8.25. The van der Waals surface area contributed by atoms with Crippen LogP contribution in [-0.4, -0.2) is 45.6 Å². The molecule has 143 valence electrons. The number of aliphatic hydroxyl groups is 1. The largest absolute Gasteiger partial charge is 0.391 e. The van der Waals surface area contributed by atoms with Gasteiger partial charge in [-0.1, -0.05) is 44.2 Å². The zero-order chi connectivity index (χ0) is 19.8. The highest BCUT2D eigenvalue weighted by Crippen LogP contribution is 2.15. The van der Waals surface area contributed by atoms with Crippen LogP contribution in [0.25, 0.3) is 11.3 Å². The van der Waals surface area contributed by atoms with Gasteiger partial charge in [-0.15, -0.1) is 0 Å². The van der Waals surface area contributed by atoms with Crippen LogP contribution in [0.2, 0.25) is 0 Å². The fourth-order valence-corrected chi connectivity index (χ4v) is 2.33. The van der Waals surface area contributed by atoms with Gasteiger partial charge in [0.15, 0.2) is 0 Å². The summed E-state index contributed by atoms with van der Waals surface area (Å²) in [6.07, 6.45) is 2.50. The molecule has 0 saturated carbocycles. The van der Waals surface area contributed by atoms with E-state index in [-0.39, 0.29) is 11.6 Å². The van der Waals surface area contributed by atoms with Crippen molar-refractivity contribution < 1.29 is 14.7 Å². The number of nitrogens with one attached hydrogen (secondary N) is 2. The van der Waals surface area contributed by atoms with Crippen LogP contribution in [0.3, 0.4) is 0 Å². The monoisotopic (exact) mass is 369 g/mol. The lowest BCUT2D eigenvalue weighted by Gasteiger charge is -2.21. The van der Waals surface area contributed by atoms with Gasteiger partial charge in [0.05, 0.1) is 24.2 Å². The van der Waals surface area contributed by atoms with Crippen molar-refractivity contribution in [2.45, 2.75) is 32.4 Å². The number of carbonyl (C=O) groups excluding carboxylic acids is 2. The Balaban J connectivity index is 2.10. The molecule has 2 amide bonds. The molecule has 0 fully saturated rings. The third-order valence-corrected chi connectivity index (χ3v) is 4.11. The van der Waals surface area contributed by atoms with E-state index in [2.05, 4.69) is 27.5 Å². The molecule has 2 aromatic rings. The van der Waals surface area contributed by atoms with Crippen LogP contribution in [0.15, 0.2) is 42.7 Å². The molecule has 3 atom stereocenters. The van der Waals surface area contributed by atoms with Gasteiger partial charge in [0.2, 0.25) is 5.91 Å². The number of carbonyl (C=O) groups is 2. The van der Waals surface area contributed by atoms with Crippen molar-refractivity contribution in [1.29, 1.82) is 0 Å². The minimum Gasteiger partial charge on any atom is -0.391 e. The van der Waals surface area contributed by atoms with E-state index in [1.807, 2.05) is 37.3 Å². The molecule has 2 rings (SSSR count). The van der Waals surface area contributed by atoms with Gasteiger partial charge >= 0.3 is 0 Å². The first-order valence-corrected chi connectivity index (χ1v) is 8.85. The normalized spacial score (nSPS) is 14.1. The van der Waals surface area contributed by atoms with Crippen LogP contribution in [0.1, 0.15) is 30.8 Å². The molecule has 1 heterocycles. The lowest BCUT2D eigenvalue weighted by molar-refractivity contribution is -0.125. The molecule has 0 saturated heterocycles. The van der Waals surface area contributed by atoms with Crippen molar-refractivity contribution in [3.05, 3.63) is 55.3 Å². The van der Waals surface area contributed by atoms with Gasteiger partial charge in [-0.05, 0) is 19.3 Å². The smallest absolute Gasteiger partial charge is 0.272 e. The van der Waals surface area contributed by atoms with Gasteiger partial charge in [-0.3, -0.25) is 14.6 Å². The molecule has 0 aliphatic rings. The minimum atomic E-state index is -1.09. The number of aromatic nitrogens is 2. The van der Waals surface area contributed by atoms with E-state index in [1.165, 1.54) is 13.1 Å². The summed E-state index contributed by atoms with van der Waals surface area (Å²) in [5.41, 5.74) is 1.44. The molecule has 3 N–H and O–H groups in total. The number of benzene rings is 1. The van der Waals surface area contributed by atoms with E-state index in [9.17, 15) is 14.7 Å². The molecular weight excluding hydrogens is 344 g/mol. The van der Waals surface area contributed by atoms with E-state index in [0.29, 0.717) is 18.7 Å². The van der Waals surface area contributed by atoms with E-state index < -0.39 is 24.0 Å². The molecule has 1 aromatic carbocycles. The lowest BCUT2D eigenvalue weighted by Crippen LogP contribution is -2.53. The Hall–Kier alpha value is -2.80. The van der Waals surface area contributed by atoms with Crippen molar-refractivity contribution in [3.63, 3.8) is 0 Å². The summed E-state index contributed by atoms with van der Waals surface area (Å²) < 4.78 is 0. The molecule has 0 bridgehead atoms. The summed E-state index contributed by atoms with van der Waals surface area (Å²) in [5.74, 6) is -0.829. The van der Waals surface area contributed by atoms with Gasteiger partial charge in [0.1, 0.15) is 11.7 Å². The zero-order valence-electron chi connectivity index (χ0n) is 15.6. The molecule has 0 aliphatic carbocycles. The third kappa shape index (κ3) is 5.86. The topological polar surface area (TPSA) is 104 Å². The molecule has 1 aromatic heterocycles. The second-order valence-corrected chi connectivity index (χ2v) is 6.49. The first-order chi connectivity index (χ1) is 12.9. The number of hydrogen-bond acceptors (Lipinski definition) is 5. The summed E-state index contributed by atoms with van der Waals surface area (Å²) in [5, 5.41) is 15.2. The Morgan fingerprint density at radius 2 is 1.89 bits per heavy atom. The first-order valence-electron chi connectivity index (χ1n) is 8.85. The maximum Gasteiger partial charge on any atom is 0.272 e. The first kappa shape index (κ1) is 20.5. The predicted octanol–water partition coefficient (Wildman–Crippen LogP) is 1.60. The van der Waals surface area contributed by atoms with E-state index in [1.54, 1.807) is 6.20 Å². The number of aliphatic hydroxyl groups excluding tert-OH is 1. The SMILES string of the molecule is [CH2]CC(C)CNC(=O)[C@@H](NC(=O)c1cncc(-c2ccccc2)n1)[C@@H](C)O. The van der Waals surface area contributed by atoms with Gasteiger partial charge in [0, 0.05) is 12.1 Å². The van der Waals surface area contributed by atoms with E-state index >= 15 is 0 Å². The van der Waals surface area contributed by atoms with Crippen molar-refractivity contribution >= 4 is 11.8 Å². The van der Waals surface area contributed by atoms with Crippen LogP contribution >= 0.6 is 0 Å². The van der Waals surface area contributed by atoms with Crippen LogP contribution < -0.4 is 10.6 Å².